The zero-order chi connectivity index (χ0) is 10.3. The van der Waals surface area contributed by atoms with E-state index in [1.54, 1.807) is 10.9 Å². The minimum absolute atomic E-state index is 0.381. The minimum Gasteiger partial charge on any atom is -0.250 e. The Labute approximate surface area is 87.7 Å². The van der Waals surface area contributed by atoms with E-state index < -0.39 is 0 Å². The third kappa shape index (κ3) is 1.38. The molecule has 0 aliphatic rings. The Morgan fingerprint density at radius 1 is 1.43 bits per heavy atom. The smallest absolute Gasteiger partial charge is 0.159 e. The predicted molar refractivity (Wildman–Crippen MR) is 57.6 cm³/mol. The van der Waals surface area contributed by atoms with Crippen molar-refractivity contribution in [3.8, 4) is 0 Å². The fraction of sp³-hybridized carbons (Fsp3) is 0.400. The molecule has 0 aliphatic heterocycles. The molecule has 3 nitrogen and oxygen atoms in total. The summed E-state index contributed by atoms with van der Waals surface area (Å²) in [4.78, 5) is 4.51. The van der Waals surface area contributed by atoms with E-state index in [0.717, 1.165) is 21.7 Å². The van der Waals surface area contributed by atoms with Gasteiger partial charge in [-0.3, -0.25) is 4.68 Å². The van der Waals surface area contributed by atoms with Crippen LogP contribution in [0.15, 0.2) is 12.3 Å². The van der Waals surface area contributed by atoms with E-state index in [1.165, 1.54) is 0 Å². The highest BCUT2D eigenvalue weighted by molar-refractivity contribution is 6.35. The number of fused-ring (bicyclic) bond motifs is 1. The molecule has 0 aromatic carbocycles. The topological polar surface area (TPSA) is 30.7 Å². The van der Waals surface area contributed by atoms with Gasteiger partial charge in [-0.25, -0.2) is 4.98 Å². The number of nitrogens with zero attached hydrogens (tertiary/aromatic N) is 3. The first-order valence-corrected chi connectivity index (χ1v) is 4.95. The molecule has 0 radical (unpaired) electrons. The molecular formula is C10H12ClN3. The van der Waals surface area contributed by atoms with Crippen LogP contribution in [0.1, 0.15) is 25.5 Å². The minimum atomic E-state index is 0.381. The molecule has 0 bridgehead atoms. The second-order valence-corrected chi connectivity index (χ2v) is 4.10. The molecule has 14 heavy (non-hydrogen) atoms. The quantitative estimate of drug-likeness (QED) is 0.723. The predicted octanol–water partition coefficient (Wildman–Crippen LogP) is 2.75. The largest absolute Gasteiger partial charge is 0.250 e. The van der Waals surface area contributed by atoms with Gasteiger partial charge < -0.3 is 0 Å². The summed E-state index contributed by atoms with van der Waals surface area (Å²) in [6.45, 7) is 4.20. The average molecular weight is 210 g/mol. The molecule has 74 valence electrons. The maximum absolute atomic E-state index is 6.13. The van der Waals surface area contributed by atoms with Crippen molar-refractivity contribution in [3.05, 3.63) is 23.0 Å². The number of hydrogen-bond acceptors (Lipinski definition) is 2. The molecule has 0 saturated carbocycles. The molecule has 2 heterocycles. The maximum Gasteiger partial charge on any atom is 0.159 e. The van der Waals surface area contributed by atoms with Crippen molar-refractivity contribution in [2.24, 2.45) is 7.05 Å². The van der Waals surface area contributed by atoms with Crippen molar-refractivity contribution >= 4 is 22.6 Å². The van der Waals surface area contributed by atoms with Gasteiger partial charge in [-0.05, 0) is 12.0 Å². The summed E-state index contributed by atoms with van der Waals surface area (Å²) < 4.78 is 1.74. The van der Waals surface area contributed by atoms with E-state index in [9.17, 15) is 0 Å². The Morgan fingerprint density at radius 2 is 2.14 bits per heavy atom. The van der Waals surface area contributed by atoms with Crippen molar-refractivity contribution < 1.29 is 0 Å². The Balaban J connectivity index is 2.75. The van der Waals surface area contributed by atoms with Crippen LogP contribution in [0.5, 0.6) is 0 Å². The van der Waals surface area contributed by atoms with Crippen LogP contribution in [0, 0.1) is 0 Å². The molecule has 0 N–H and O–H groups in total. The van der Waals surface area contributed by atoms with Gasteiger partial charge in [0.25, 0.3) is 0 Å². The molecular weight excluding hydrogens is 198 g/mol. The maximum atomic E-state index is 6.13. The lowest BCUT2D eigenvalue weighted by Gasteiger charge is -2.05. The number of pyridine rings is 1. The fourth-order valence-electron chi connectivity index (χ4n) is 1.39. The summed E-state index contributed by atoms with van der Waals surface area (Å²) in [6, 6.07) is 1.91. The summed E-state index contributed by atoms with van der Waals surface area (Å²) in [7, 11) is 1.87. The summed E-state index contributed by atoms with van der Waals surface area (Å²) in [5, 5.41) is 5.77. The molecule has 0 amide bonds. The molecule has 0 fully saturated rings. The Morgan fingerprint density at radius 3 is 2.79 bits per heavy atom. The van der Waals surface area contributed by atoms with E-state index in [0.29, 0.717) is 5.92 Å². The number of rotatable bonds is 1. The third-order valence-corrected chi connectivity index (χ3v) is 2.58. The van der Waals surface area contributed by atoms with Crippen molar-refractivity contribution in [2.75, 3.05) is 0 Å². The molecule has 0 spiro atoms. The third-order valence-electron chi connectivity index (χ3n) is 2.27. The second-order valence-electron chi connectivity index (χ2n) is 3.69. The van der Waals surface area contributed by atoms with Gasteiger partial charge in [0, 0.05) is 12.7 Å². The fourth-order valence-corrected chi connectivity index (χ4v) is 1.64. The molecule has 2 rings (SSSR count). The van der Waals surface area contributed by atoms with E-state index >= 15 is 0 Å². The van der Waals surface area contributed by atoms with Gasteiger partial charge in [0.2, 0.25) is 0 Å². The van der Waals surface area contributed by atoms with Crippen molar-refractivity contribution in [1.82, 2.24) is 14.8 Å². The first kappa shape index (κ1) is 9.46. The molecule has 4 heteroatoms. The van der Waals surface area contributed by atoms with E-state index in [4.69, 9.17) is 11.6 Å². The lowest BCUT2D eigenvalue weighted by molar-refractivity contribution is 0.771. The zero-order valence-corrected chi connectivity index (χ0v) is 9.21. The number of hydrogen-bond donors (Lipinski definition) is 0. The van der Waals surface area contributed by atoms with Crippen molar-refractivity contribution in [2.45, 2.75) is 19.8 Å². The van der Waals surface area contributed by atoms with Crippen molar-refractivity contribution in [1.29, 1.82) is 0 Å². The van der Waals surface area contributed by atoms with Crippen LogP contribution in [-0.4, -0.2) is 14.8 Å². The van der Waals surface area contributed by atoms with Gasteiger partial charge in [-0.1, -0.05) is 25.4 Å². The van der Waals surface area contributed by atoms with Gasteiger partial charge >= 0.3 is 0 Å². The normalized spacial score (nSPS) is 11.5. The van der Waals surface area contributed by atoms with Crippen LogP contribution in [-0.2, 0) is 7.05 Å². The zero-order valence-electron chi connectivity index (χ0n) is 8.45. The van der Waals surface area contributed by atoms with Gasteiger partial charge in [-0.15, -0.1) is 0 Å². The first-order chi connectivity index (χ1) is 6.59. The highest BCUT2D eigenvalue weighted by Crippen LogP contribution is 2.25. The molecule has 0 saturated heterocycles. The monoisotopic (exact) mass is 209 g/mol. The molecule has 0 atom stereocenters. The van der Waals surface area contributed by atoms with Crippen LogP contribution in [0.2, 0.25) is 5.02 Å². The molecule has 0 aliphatic carbocycles. The van der Waals surface area contributed by atoms with Crippen LogP contribution in [0.3, 0.4) is 0 Å². The Bertz CT molecular complexity index is 473. The molecule has 2 aromatic heterocycles. The van der Waals surface area contributed by atoms with E-state index in [2.05, 4.69) is 23.9 Å². The Kier molecular flexibility index (Phi) is 2.19. The highest BCUT2D eigenvalue weighted by Gasteiger charge is 2.09. The van der Waals surface area contributed by atoms with Crippen LogP contribution in [0.4, 0.5) is 0 Å². The summed E-state index contributed by atoms with van der Waals surface area (Å²) in [5.41, 5.74) is 1.85. The van der Waals surface area contributed by atoms with Gasteiger partial charge in [0.15, 0.2) is 5.65 Å². The van der Waals surface area contributed by atoms with Crippen LogP contribution < -0.4 is 0 Å². The van der Waals surface area contributed by atoms with E-state index in [1.807, 2.05) is 13.1 Å². The summed E-state index contributed by atoms with van der Waals surface area (Å²) in [5.74, 6) is 0.381. The Hall–Kier alpha value is -1.09. The molecule has 2 aromatic rings. The number of aryl methyl sites for hydroxylation is 1. The van der Waals surface area contributed by atoms with E-state index in [-0.39, 0.29) is 0 Å². The lowest BCUT2D eigenvalue weighted by Crippen LogP contribution is -1.97. The van der Waals surface area contributed by atoms with Gasteiger partial charge in [0.05, 0.1) is 16.6 Å². The number of halogens is 1. The lowest BCUT2D eigenvalue weighted by atomic mass is 10.1. The first-order valence-electron chi connectivity index (χ1n) is 4.57. The van der Waals surface area contributed by atoms with Gasteiger partial charge in [-0.2, -0.15) is 5.10 Å². The van der Waals surface area contributed by atoms with Crippen LogP contribution in [0.25, 0.3) is 11.0 Å². The standard InChI is InChI=1S/C10H12ClN3/c1-6(2)9-4-8(11)7-5-12-14(3)10(7)13-9/h4-6H,1-3H3. The number of aromatic nitrogens is 3. The summed E-state index contributed by atoms with van der Waals surface area (Å²) >= 11 is 6.13. The van der Waals surface area contributed by atoms with Crippen molar-refractivity contribution in [3.63, 3.8) is 0 Å². The average Bonchev–Trinajstić information content (AvgIpc) is 2.48. The SMILES string of the molecule is CC(C)c1cc(Cl)c2cnn(C)c2n1. The summed E-state index contributed by atoms with van der Waals surface area (Å²) in [6.07, 6.45) is 1.74. The second kappa shape index (κ2) is 3.24. The molecule has 0 unspecified atom stereocenters. The van der Waals surface area contributed by atoms with Crippen LogP contribution >= 0.6 is 11.6 Å². The highest BCUT2D eigenvalue weighted by atomic mass is 35.5. The van der Waals surface area contributed by atoms with Gasteiger partial charge in [0.1, 0.15) is 0 Å².